The van der Waals surface area contributed by atoms with Crippen LogP contribution in [-0.4, -0.2) is 47.8 Å². The summed E-state index contributed by atoms with van der Waals surface area (Å²) >= 11 is 0. The standard InChI is InChI=1S/C14H16F3N3O3/c15-14(16,17)9-23-13(22)20-7-4-10(5-8-20)12(21)19-11-3-1-2-6-18-11/h1-3,6,10H,4-5,7-9H2,(H,18,19,21). The average molecular weight is 331 g/mol. The van der Waals surface area contributed by atoms with Gasteiger partial charge in [-0.2, -0.15) is 13.2 Å². The SMILES string of the molecule is O=C(Nc1ccccn1)C1CCN(C(=O)OCC(F)(F)F)CC1. The van der Waals surface area contributed by atoms with Crippen molar-refractivity contribution >= 4 is 17.8 Å². The second-order valence-electron chi connectivity index (χ2n) is 5.14. The van der Waals surface area contributed by atoms with E-state index in [9.17, 15) is 22.8 Å². The molecule has 1 N–H and O–H groups in total. The van der Waals surface area contributed by atoms with Crippen LogP contribution in [-0.2, 0) is 9.53 Å². The van der Waals surface area contributed by atoms with E-state index < -0.39 is 18.9 Å². The Morgan fingerprint density at radius 1 is 1.30 bits per heavy atom. The van der Waals surface area contributed by atoms with Gasteiger partial charge in [-0.1, -0.05) is 6.07 Å². The van der Waals surface area contributed by atoms with Gasteiger partial charge in [0.2, 0.25) is 5.91 Å². The Hall–Kier alpha value is -2.32. The predicted molar refractivity (Wildman–Crippen MR) is 74.6 cm³/mol. The molecule has 1 aliphatic heterocycles. The zero-order chi connectivity index (χ0) is 16.9. The van der Waals surface area contributed by atoms with E-state index in [4.69, 9.17) is 0 Å². The van der Waals surface area contributed by atoms with Crippen molar-refractivity contribution in [2.24, 2.45) is 5.92 Å². The average Bonchev–Trinajstić information content (AvgIpc) is 2.53. The molecule has 0 saturated carbocycles. The third-order valence-electron chi connectivity index (χ3n) is 3.40. The lowest BCUT2D eigenvalue weighted by Crippen LogP contribution is -2.42. The molecule has 1 fully saturated rings. The fourth-order valence-corrected chi connectivity index (χ4v) is 2.22. The molecule has 1 aromatic heterocycles. The second kappa shape index (κ2) is 7.30. The van der Waals surface area contributed by atoms with E-state index >= 15 is 0 Å². The lowest BCUT2D eigenvalue weighted by Gasteiger charge is -2.30. The van der Waals surface area contributed by atoms with Crippen LogP contribution in [0.4, 0.5) is 23.8 Å². The Kier molecular flexibility index (Phi) is 5.41. The number of hydrogen-bond acceptors (Lipinski definition) is 4. The fraction of sp³-hybridized carbons (Fsp3) is 0.500. The highest BCUT2D eigenvalue weighted by Gasteiger charge is 2.32. The van der Waals surface area contributed by atoms with Gasteiger partial charge in [0.15, 0.2) is 6.61 Å². The molecule has 2 heterocycles. The first kappa shape index (κ1) is 17.0. The number of alkyl halides is 3. The molecule has 0 atom stereocenters. The molecule has 0 aliphatic carbocycles. The molecule has 2 rings (SSSR count). The van der Waals surface area contributed by atoms with Crippen LogP contribution in [0.5, 0.6) is 0 Å². The van der Waals surface area contributed by atoms with Gasteiger partial charge < -0.3 is 15.0 Å². The summed E-state index contributed by atoms with van der Waals surface area (Å²) in [5.41, 5.74) is 0. The smallest absolute Gasteiger partial charge is 0.422 e. The molecule has 2 amide bonds. The van der Waals surface area contributed by atoms with Crippen LogP contribution in [0.1, 0.15) is 12.8 Å². The monoisotopic (exact) mass is 331 g/mol. The summed E-state index contributed by atoms with van der Waals surface area (Å²) in [6, 6.07) is 5.12. The lowest BCUT2D eigenvalue weighted by molar-refractivity contribution is -0.162. The fourth-order valence-electron chi connectivity index (χ4n) is 2.22. The predicted octanol–water partition coefficient (Wildman–Crippen LogP) is 2.43. The highest BCUT2D eigenvalue weighted by Crippen LogP contribution is 2.21. The number of aromatic nitrogens is 1. The molecular weight excluding hydrogens is 315 g/mol. The van der Waals surface area contributed by atoms with E-state index in [0.717, 1.165) is 0 Å². The first-order valence-electron chi connectivity index (χ1n) is 7.05. The minimum atomic E-state index is -4.55. The molecule has 0 radical (unpaired) electrons. The van der Waals surface area contributed by atoms with Crippen molar-refractivity contribution in [3.63, 3.8) is 0 Å². The maximum Gasteiger partial charge on any atom is 0.422 e. The summed E-state index contributed by atoms with van der Waals surface area (Å²) in [4.78, 5) is 28.7. The van der Waals surface area contributed by atoms with Gasteiger partial charge in [-0.15, -0.1) is 0 Å². The molecule has 23 heavy (non-hydrogen) atoms. The number of piperidine rings is 1. The Labute approximate surface area is 130 Å². The van der Waals surface area contributed by atoms with Gasteiger partial charge >= 0.3 is 12.3 Å². The van der Waals surface area contributed by atoms with E-state index in [0.29, 0.717) is 18.7 Å². The van der Waals surface area contributed by atoms with Gasteiger partial charge in [-0.3, -0.25) is 4.79 Å². The Balaban J connectivity index is 1.77. The number of carbonyl (C=O) groups excluding carboxylic acids is 2. The van der Waals surface area contributed by atoms with E-state index in [1.807, 2.05) is 0 Å². The van der Waals surface area contributed by atoms with E-state index in [2.05, 4.69) is 15.0 Å². The number of carbonyl (C=O) groups is 2. The summed E-state index contributed by atoms with van der Waals surface area (Å²) < 4.78 is 40.2. The number of ether oxygens (including phenoxy) is 1. The molecule has 1 aromatic rings. The van der Waals surface area contributed by atoms with Crippen LogP contribution in [0.3, 0.4) is 0 Å². The maximum atomic E-state index is 12.1. The van der Waals surface area contributed by atoms with Crippen LogP contribution in [0.25, 0.3) is 0 Å². The Morgan fingerprint density at radius 3 is 2.57 bits per heavy atom. The minimum absolute atomic E-state index is 0.178. The van der Waals surface area contributed by atoms with Gasteiger partial charge in [-0.25, -0.2) is 9.78 Å². The zero-order valence-electron chi connectivity index (χ0n) is 12.2. The van der Waals surface area contributed by atoms with Crippen LogP contribution in [0.2, 0.25) is 0 Å². The number of hydrogen-bond donors (Lipinski definition) is 1. The van der Waals surface area contributed by atoms with E-state index in [1.165, 1.54) is 4.90 Å². The zero-order valence-corrected chi connectivity index (χ0v) is 12.2. The molecule has 1 saturated heterocycles. The molecule has 126 valence electrons. The number of nitrogens with one attached hydrogen (secondary N) is 1. The summed E-state index contributed by atoms with van der Waals surface area (Å²) in [5.74, 6) is -0.0970. The first-order valence-corrected chi connectivity index (χ1v) is 7.05. The molecule has 0 bridgehead atoms. The number of anilines is 1. The number of amides is 2. The van der Waals surface area contributed by atoms with Crippen molar-refractivity contribution in [1.29, 1.82) is 0 Å². The molecule has 0 spiro atoms. The van der Waals surface area contributed by atoms with E-state index in [-0.39, 0.29) is 24.9 Å². The van der Waals surface area contributed by atoms with Gasteiger partial charge in [0.1, 0.15) is 5.82 Å². The van der Waals surface area contributed by atoms with Crippen molar-refractivity contribution < 1.29 is 27.5 Å². The maximum absolute atomic E-state index is 12.1. The Bertz CT molecular complexity index is 543. The molecule has 0 aromatic carbocycles. The molecular formula is C14H16F3N3O3. The second-order valence-corrected chi connectivity index (χ2v) is 5.14. The summed E-state index contributed by atoms with van der Waals surface area (Å²) in [6.45, 7) is -1.25. The highest BCUT2D eigenvalue weighted by atomic mass is 19.4. The summed E-state index contributed by atoms with van der Waals surface area (Å²) in [5, 5.41) is 2.67. The normalized spacial score (nSPS) is 16.0. The summed E-state index contributed by atoms with van der Waals surface area (Å²) in [6.07, 6.45) is -3.28. The Morgan fingerprint density at radius 2 is 2.00 bits per heavy atom. The van der Waals surface area contributed by atoms with Crippen LogP contribution >= 0.6 is 0 Å². The number of nitrogens with zero attached hydrogens (tertiary/aromatic N) is 2. The van der Waals surface area contributed by atoms with Crippen molar-refractivity contribution in [3.05, 3.63) is 24.4 Å². The number of rotatable bonds is 3. The number of likely N-dealkylation sites (tertiary alicyclic amines) is 1. The van der Waals surface area contributed by atoms with Crippen molar-refractivity contribution in [3.8, 4) is 0 Å². The van der Waals surface area contributed by atoms with Gasteiger partial charge in [0, 0.05) is 25.2 Å². The first-order chi connectivity index (χ1) is 10.8. The van der Waals surface area contributed by atoms with Gasteiger partial charge in [0.25, 0.3) is 0 Å². The van der Waals surface area contributed by atoms with Crippen molar-refractivity contribution in [1.82, 2.24) is 9.88 Å². The van der Waals surface area contributed by atoms with Gasteiger partial charge in [0.05, 0.1) is 0 Å². The topological polar surface area (TPSA) is 71.5 Å². The van der Waals surface area contributed by atoms with Crippen LogP contribution in [0, 0.1) is 5.92 Å². The third-order valence-corrected chi connectivity index (χ3v) is 3.40. The summed E-state index contributed by atoms with van der Waals surface area (Å²) in [7, 11) is 0. The van der Waals surface area contributed by atoms with Crippen LogP contribution < -0.4 is 5.32 Å². The highest BCUT2D eigenvalue weighted by molar-refractivity contribution is 5.91. The minimum Gasteiger partial charge on any atom is -0.440 e. The quantitative estimate of drug-likeness (QED) is 0.923. The third kappa shape index (κ3) is 5.42. The van der Waals surface area contributed by atoms with Crippen molar-refractivity contribution in [2.75, 3.05) is 25.0 Å². The number of halogens is 3. The largest absolute Gasteiger partial charge is 0.440 e. The number of pyridine rings is 1. The molecule has 0 unspecified atom stereocenters. The van der Waals surface area contributed by atoms with Crippen molar-refractivity contribution in [2.45, 2.75) is 19.0 Å². The van der Waals surface area contributed by atoms with Crippen LogP contribution in [0.15, 0.2) is 24.4 Å². The lowest BCUT2D eigenvalue weighted by atomic mass is 9.96. The van der Waals surface area contributed by atoms with Gasteiger partial charge in [-0.05, 0) is 25.0 Å². The molecule has 9 heteroatoms. The van der Waals surface area contributed by atoms with E-state index in [1.54, 1.807) is 24.4 Å². The molecule has 6 nitrogen and oxygen atoms in total. The molecule has 1 aliphatic rings.